The Hall–Kier alpha value is -3.40. The molecule has 0 aromatic heterocycles. The molecule has 2 N–H and O–H groups in total. The van der Waals surface area contributed by atoms with Crippen molar-refractivity contribution in [3.63, 3.8) is 0 Å². The average Bonchev–Trinajstić information content (AvgIpc) is 2.86. The van der Waals surface area contributed by atoms with Gasteiger partial charge in [0.1, 0.15) is 13.1 Å². The summed E-state index contributed by atoms with van der Waals surface area (Å²) in [7, 11) is 0. The van der Waals surface area contributed by atoms with Gasteiger partial charge in [0.15, 0.2) is 0 Å². The van der Waals surface area contributed by atoms with Crippen molar-refractivity contribution < 1.29 is 38.1 Å². The van der Waals surface area contributed by atoms with Crippen molar-refractivity contribution >= 4 is 24.1 Å². The van der Waals surface area contributed by atoms with Crippen molar-refractivity contribution in [1.29, 1.82) is 0 Å². The molecular formula is C26H40N2O8. The van der Waals surface area contributed by atoms with E-state index in [1.807, 2.05) is 13.8 Å². The molecule has 0 aliphatic carbocycles. The number of unbranched alkanes of at least 4 members (excludes halogenated alkanes) is 6. The summed E-state index contributed by atoms with van der Waals surface area (Å²) in [4.78, 5) is 45.7. The van der Waals surface area contributed by atoms with Gasteiger partial charge in [0.05, 0.1) is 26.4 Å². The van der Waals surface area contributed by atoms with Crippen LogP contribution in [0.3, 0.4) is 0 Å². The van der Waals surface area contributed by atoms with Gasteiger partial charge in [-0.3, -0.25) is 9.59 Å². The second-order valence-corrected chi connectivity index (χ2v) is 7.64. The summed E-state index contributed by atoms with van der Waals surface area (Å²) in [6, 6.07) is 0. The second kappa shape index (κ2) is 24.7. The summed E-state index contributed by atoms with van der Waals surface area (Å²) >= 11 is 0. The van der Waals surface area contributed by atoms with Gasteiger partial charge < -0.3 is 29.6 Å². The maximum atomic E-state index is 11.5. The Morgan fingerprint density at radius 1 is 0.556 bits per heavy atom. The Morgan fingerprint density at radius 2 is 0.944 bits per heavy atom. The molecule has 0 atom stereocenters. The van der Waals surface area contributed by atoms with Crippen LogP contribution in [0.5, 0.6) is 0 Å². The van der Waals surface area contributed by atoms with Gasteiger partial charge in [-0.2, -0.15) is 0 Å². The van der Waals surface area contributed by atoms with Crippen molar-refractivity contribution in [2.45, 2.75) is 78.1 Å². The number of nitrogens with one attached hydrogen (secondary N) is 2. The number of rotatable bonds is 18. The average molecular weight is 509 g/mol. The van der Waals surface area contributed by atoms with E-state index in [0.29, 0.717) is 38.9 Å². The number of hydrogen-bond acceptors (Lipinski definition) is 8. The van der Waals surface area contributed by atoms with Crippen LogP contribution in [0.4, 0.5) is 9.59 Å². The minimum Gasteiger partial charge on any atom is -0.464 e. The molecule has 0 aliphatic rings. The van der Waals surface area contributed by atoms with E-state index < -0.39 is 24.1 Å². The van der Waals surface area contributed by atoms with E-state index in [9.17, 15) is 19.2 Å². The molecule has 0 saturated heterocycles. The quantitative estimate of drug-likeness (QED) is 0.125. The van der Waals surface area contributed by atoms with Crippen LogP contribution < -0.4 is 10.6 Å². The van der Waals surface area contributed by atoms with Crippen molar-refractivity contribution in [1.82, 2.24) is 10.6 Å². The van der Waals surface area contributed by atoms with Crippen molar-refractivity contribution in [2.24, 2.45) is 0 Å². The molecule has 0 aliphatic heterocycles. The topological polar surface area (TPSA) is 129 Å². The highest BCUT2D eigenvalue weighted by atomic mass is 16.6. The summed E-state index contributed by atoms with van der Waals surface area (Å²) in [5.74, 6) is 10.4. The Bertz CT molecular complexity index is 697. The molecule has 0 saturated carbocycles. The molecule has 36 heavy (non-hydrogen) atoms. The molecule has 10 heteroatoms. The first-order valence-corrected chi connectivity index (χ1v) is 12.6. The first-order valence-electron chi connectivity index (χ1n) is 12.6. The van der Waals surface area contributed by atoms with Gasteiger partial charge in [0, 0.05) is 12.8 Å². The number of alkyl carbamates (subject to hydrolysis) is 2. The fourth-order valence-electron chi connectivity index (χ4n) is 2.33. The maximum Gasteiger partial charge on any atom is 0.407 e. The summed E-state index contributed by atoms with van der Waals surface area (Å²) in [6.07, 6.45) is 6.34. The molecule has 0 fully saturated rings. The van der Waals surface area contributed by atoms with Crippen LogP contribution in [-0.4, -0.2) is 63.6 Å². The molecule has 0 radical (unpaired) electrons. The molecule has 202 valence electrons. The Labute approximate surface area is 214 Å². The summed E-state index contributed by atoms with van der Waals surface area (Å²) in [6.45, 7) is 4.75. The maximum absolute atomic E-state index is 11.5. The summed E-state index contributed by atoms with van der Waals surface area (Å²) in [5.41, 5.74) is 0. The van der Waals surface area contributed by atoms with Crippen LogP contribution in [0, 0.1) is 23.7 Å². The van der Waals surface area contributed by atoms with Crippen LogP contribution in [0.2, 0.25) is 0 Å². The highest BCUT2D eigenvalue weighted by Gasteiger charge is 2.07. The zero-order valence-corrected chi connectivity index (χ0v) is 21.6. The zero-order valence-electron chi connectivity index (χ0n) is 21.6. The predicted octanol–water partition coefficient (Wildman–Crippen LogP) is 3.47. The number of ether oxygens (including phenoxy) is 4. The lowest BCUT2D eigenvalue weighted by Crippen LogP contribution is -2.31. The monoisotopic (exact) mass is 508 g/mol. The fraction of sp³-hybridized carbons (Fsp3) is 0.692. The smallest absolute Gasteiger partial charge is 0.407 e. The molecule has 0 heterocycles. The van der Waals surface area contributed by atoms with Gasteiger partial charge in [0.25, 0.3) is 0 Å². The largest absolute Gasteiger partial charge is 0.464 e. The molecule has 0 spiro atoms. The van der Waals surface area contributed by atoms with E-state index in [1.54, 1.807) is 0 Å². The highest BCUT2D eigenvalue weighted by molar-refractivity contribution is 5.78. The van der Waals surface area contributed by atoms with E-state index in [4.69, 9.17) is 18.9 Å². The molecule has 0 aromatic carbocycles. The summed E-state index contributed by atoms with van der Waals surface area (Å²) in [5, 5.41) is 4.69. The van der Waals surface area contributed by atoms with E-state index in [1.165, 1.54) is 0 Å². The van der Waals surface area contributed by atoms with E-state index in [0.717, 1.165) is 38.5 Å². The third-order valence-corrected chi connectivity index (χ3v) is 4.37. The third kappa shape index (κ3) is 23.7. The standard InChI is InChI=1S/C26H40N2O8/c1-3-5-17-35-25(31)27-21-23(29)33-19-15-13-11-9-7-8-10-12-14-16-20-34-24(30)22-28-26(32)36-18-6-4-2/h3-6,11-22H2,1-2H3,(H,27,31)(H,28,32). The van der Waals surface area contributed by atoms with Crippen LogP contribution in [-0.2, 0) is 28.5 Å². The van der Waals surface area contributed by atoms with Gasteiger partial charge in [-0.1, -0.05) is 38.5 Å². The Morgan fingerprint density at radius 3 is 1.33 bits per heavy atom. The molecule has 10 nitrogen and oxygen atoms in total. The number of carbonyl (C=O) groups is 4. The molecule has 0 bridgehead atoms. The lowest BCUT2D eigenvalue weighted by Gasteiger charge is -2.06. The van der Waals surface area contributed by atoms with E-state index in [2.05, 4.69) is 34.3 Å². The SMILES string of the molecule is CCCCOC(=O)NCC(=O)OCCCCC#CC#CCCCCOC(=O)CNC(=O)OCCCC. The van der Waals surface area contributed by atoms with Gasteiger partial charge in [-0.25, -0.2) is 9.59 Å². The number of amides is 2. The number of esters is 2. The lowest BCUT2D eigenvalue weighted by atomic mass is 10.2. The van der Waals surface area contributed by atoms with Crippen LogP contribution in [0.1, 0.15) is 78.1 Å². The van der Waals surface area contributed by atoms with Gasteiger partial charge in [-0.05, 0) is 50.4 Å². The van der Waals surface area contributed by atoms with Crippen molar-refractivity contribution in [3.05, 3.63) is 0 Å². The summed E-state index contributed by atoms with van der Waals surface area (Å²) < 4.78 is 19.8. The van der Waals surface area contributed by atoms with Crippen LogP contribution in [0.15, 0.2) is 0 Å². The number of carbonyl (C=O) groups excluding carboxylic acids is 4. The van der Waals surface area contributed by atoms with E-state index in [-0.39, 0.29) is 26.3 Å². The van der Waals surface area contributed by atoms with Crippen molar-refractivity contribution in [3.8, 4) is 23.7 Å². The van der Waals surface area contributed by atoms with Crippen molar-refractivity contribution in [2.75, 3.05) is 39.5 Å². The van der Waals surface area contributed by atoms with E-state index >= 15 is 0 Å². The molecular weight excluding hydrogens is 468 g/mol. The van der Waals surface area contributed by atoms with Gasteiger partial charge >= 0.3 is 24.1 Å². The molecule has 0 rings (SSSR count). The Balaban J connectivity index is 3.58. The zero-order chi connectivity index (χ0) is 26.7. The molecule has 0 unspecified atom stereocenters. The third-order valence-electron chi connectivity index (χ3n) is 4.37. The lowest BCUT2D eigenvalue weighted by molar-refractivity contribution is -0.143. The second-order valence-electron chi connectivity index (χ2n) is 7.64. The Kier molecular flexibility index (Phi) is 22.4. The normalized spacial score (nSPS) is 9.50. The fourth-order valence-corrected chi connectivity index (χ4v) is 2.33. The van der Waals surface area contributed by atoms with Gasteiger partial charge in [0.2, 0.25) is 0 Å². The first kappa shape index (κ1) is 32.6. The minimum atomic E-state index is -0.619. The molecule has 0 aromatic rings. The van der Waals surface area contributed by atoms with Crippen LogP contribution in [0.25, 0.3) is 0 Å². The molecule has 2 amide bonds. The minimum absolute atomic E-state index is 0.213. The first-order chi connectivity index (χ1) is 17.5. The highest BCUT2D eigenvalue weighted by Crippen LogP contribution is 1.96. The van der Waals surface area contributed by atoms with Gasteiger partial charge in [-0.15, -0.1) is 0 Å². The predicted molar refractivity (Wildman–Crippen MR) is 134 cm³/mol. The van der Waals surface area contributed by atoms with Crippen LogP contribution >= 0.6 is 0 Å². The number of hydrogen-bond donors (Lipinski definition) is 2.